The summed E-state index contributed by atoms with van der Waals surface area (Å²) >= 11 is 0. The van der Waals surface area contributed by atoms with E-state index in [0.29, 0.717) is 44.1 Å². The Hall–Kier alpha value is -3.37. The summed E-state index contributed by atoms with van der Waals surface area (Å²) in [6.07, 6.45) is 0.516. The maximum atomic E-state index is 13.4. The molecule has 0 unspecified atom stereocenters. The van der Waals surface area contributed by atoms with Crippen molar-refractivity contribution in [1.29, 1.82) is 0 Å². The van der Waals surface area contributed by atoms with E-state index < -0.39 is 28.8 Å². The van der Waals surface area contributed by atoms with Crippen LogP contribution in [0.3, 0.4) is 0 Å². The van der Waals surface area contributed by atoms with Gasteiger partial charge in [-0.05, 0) is 80.8 Å². The highest BCUT2D eigenvalue weighted by atomic mass is 19.4. The molecule has 1 aliphatic carbocycles. The summed E-state index contributed by atoms with van der Waals surface area (Å²) in [4.78, 5) is 27.8. The second-order valence-corrected chi connectivity index (χ2v) is 11.4. The Balaban J connectivity index is 1.24. The zero-order valence-corrected chi connectivity index (χ0v) is 22.8. The average molecular weight is 565 g/mol. The largest absolute Gasteiger partial charge is 0.416 e. The van der Waals surface area contributed by atoms with Crippen molar-refractivity contribution in [3.8, 4) is 0 Å². The minimum Gasteiger partial charge on any atom is -0.382 e. The van der Waals surface area contributed by atoms with Crippen molar-refractivity contribution in [2.45, 2.75) is 64.3 Å². The van der Waals surface area contributed by atoms with Crippen LogP contribution in [0.25, 0.3) is 0 Å². The van der Waals surface area contributed by atoms with Gasteiger partial charge in [0.05, 0.1) is 16.1 Å². The van der Waals surface area contributed by atoms with E-state index in [0.717, 1.165) is 43.5 Å². The molecule has 40 heavy (non-hydrogen) atoms. The number of benzene rings is 2. The molecule has 2 fully saturated rings. The lowest BCUT2D eigenvalue weighted by molar-refractivity contribution is -0.385. The molecular weight excluding hydrogens is 528 g/mol. The average Bonchev–Trinajstić information content (AvgIpc) is 2.93. The number of piperidine rings is 1. The topological polar surface area (TPSA) is 78.7 Å². The molecule has 1 saturated carbocycles. The Morgan fingerprint density at radius 1 is 1.10 bits per heavy atom. The van der Waals surface area contributed by atoms with Crippen LogP contribution in [0.15, 0.2) is 42.5 Å². The van der Waals surface area contributed by atoms with E-state index in [1.807, 2.05) is 23.8 Å². The summed E-state index contributed by atoms with van der Waals surface area (Å²) in [6.45, 7) is 2.95. The number of nitrogens with zero attached hydrogens (tertiary/aromatic N) is 3. The number of anilines is 2. The van der Waals surface area contributed by atoms with Crippen LogP contribution in [0.1, 0.15) is 56.6 Å². The number of hydrogen-bond acceptors (Lipinski definition) is 5. The second kappa shape index (κ2) is 12.0. The third kappa shape index (κ3) is 6.85. The van der Waals surface area contributed by atoms with Gasteiger partial charge in [-0.3, -0.25) is 14.9 Å². The van der Waals surface area contributed by atoms with Crippen molar-refractivity contribution in [2.24, 2.45) is 11.3 Å². The molecule has 0 spiro atoms. The molecule has 0 radical (unpaired) electrons. The third-order valence-electron chi connectivity index (χ3n) is 8.46. The molecule has 11 heteroatoms. The Kier molecular flexibility index (Phi) is 8.90. The summed E-state index contributed by atoms with van der Waals surface area (Å²) in [7, 11) is 1.84. The number of hydrogen-bond donors (Lipinski definition) is 1. The predicted octanol–water partition coefficient (Wildman–Crippen LogP) is 6.82. The Bertz CT molecular complexity index is 1190. The molecule has 1 aliphatic heterocycles. The van der Waals surface area contributed by atoms with Gasteiger partial charge in [0.2, 0.25) is 5.91 Å². The van der Waals surface area contributed by atoms with Crippen LogP contribution in [-0.2, 0) is 17.6 Å². The zero-order valence-electron chi connectivity index (χ0n) is 22.8. The van der Waals surface area contributed by atoms with Crippen molar-refractivity contribution in [2.75, 3.05) is 36.9 Å². The first-order valence-electron chi connectivity index (χ1n) is 13.7. The molecule has 4 rings (SSSR count). The predicted molar refractivity (Wildman–Crippen MR) is 146 cm³/mol. The maximum absolute atomic E-state index is 13.4. The number of alkyl halides is 4. The quantitative estimate of drug-likeness (QED) is 0.216. The lowest BCUT2D eigenvalue weighted by Crippen LogP contribution is -2.49. The summed E-state index contributed by atoms with van der Waals surface area (Å²) in [5.74, 6) is 0.463. The highest BCUT2D eigenvalue weighted by Crippen LogP contribution is 2.37. The van der Waals surface area contributed by atoms with E-state index in [1.165, 1.54) is 24.3 Å². The molecule has 2 aliphatic rings. The van der Waals surface area contributed by atoms with Crippen molar-refractivity contribution < 1.29 is 27.3 Å². The van der Waals surface area contributed by atoms with E-state index in [4.69, 9.17) is 0 Å². The van der Waals surface area contributed by atoms with Gasteiger partial charge in [0.25, 0.3) is 5.69 Å². The van der Waals surface area contributed by atoms with Crippen molar-refractivity contribution in [3.63, 3.8) is 0 Å². The van der Waals surface area contributed by atoms with Crippen molar-refractivity contribution >= 4 is 23.0 Å². The van der Waals surface area contributed by atoms with E-state index in [-0.39, 0.29) is 23.2 Å². The second-order valence-electron chi connectivity index (χ2n) is 11.4. The van der Waals surface area contributed by atoms with E-state index in [1.54, 1.807) is 6.07 Å². The van der Waals surface area contributed by atoms with Crippen LogP contribution in [0.2, 0.25) is 0 Å². The first-order valence-corrected chi connectivity index (χ1v) is 13.7. The first kappa shape index (κ1) is 29.6. The smallest absolute Gasteiger partial charge is 0.382 e. The summed E-state index contributed by atoms with van der Waals surface area (Å²) in [5, 5.41) is 14.4. The maximum Gasteiger partial charge on any atom is 0.416 e. The summed E-state index contributed by atoms with van der Waals surface area (Å²) in [5.41, 5.74) is 0.0586. The van der Waals surface area contributed by atoms with E-state index >= 15 is 0 Å². The molecule has 1 N–H and O–H groups in total. The van der Waals surface area contributed by atoms with Gasteiger partial charge in [-0.1, -0.05) is 6.92 Å². The normalized spacial score (nSPS) is 21.1. The molecule has 1 amide bonds. The molecule has 0 bridgehead atoms. The lowest BCUT2D eigenvalue weighted by atomic mass is 9.78. The Morgan fingerprint density at radius 3 is 2.27 bits per heavy atom. The minimum atomic E-state index is -4.36. The minimum absolute atomic E-state index is 0.0579. The SMILES string of the molecule is CN(CC1CCC(Nc2ccc([N+](=O)[O-])c(CF)c2)CC1)C(=O)C1(C)CCN(c2ccc(C(F)(F)F)cc2)CC1. The fourth-order valence-electron chi connectivity index (χ4n) is 5.95. The van der Waals surface area contributed by atoms with Gasteiger partial charge in [-0.15, -0.1) is 0 Å². The fourth-order valence-corrected chi connectivity index (χ4v) is 5.95. The number of carbonyl (C=O) groups excluding carboxylic acids is 1. The van der Waals surface area contributed by atoms with Gasteiger partial charge < -0.3 is 15.1 Å². The lowest BCUT2D eigenvalue weighted by Gasteiger charge is -2.42. The number of nitro benzene ring substituents is 1. The molecule has 0 aromatic heterocycles. The molecule has 0 atom stereocenters. The van der Waals surface area contributed by atoms with Gasteiger partial charge in [0, 0.05) is 55.6 Å². The number of rotatable bonds is 8. The number of halogens is 4. The fraction of sp³-hybridized carbons (Fsp3) is 0.552. The summed E-state index contributed by atoms with van der Waals surface area (Å²) in [6, 6.07) is 9.80. The van der Waals surface area contributed by atoms with Crippen LogP contribution in [-0.4, -0.2) is 48.5 Å². The molecule has 1 saturated heterocycles. The summed E-state index contributed by atoms with van der Waals surface area (Å²) < 4.78 is 51.9. The highest BCUT2D eigenvalue weighted by molar-refractivity contribution is 5.82. The van der Waals surface area contributed by atoms with Crippen molar-refractivity contribution in [3.05, 3.63) is 63.7 Å². The molecule has 2 aromatic carbocycles. The van der Waals surface area contributed by atoms with Crippen molar-refractivity contribution in [1.82, 2.24) is 4.90 Å². The van der Waals surface area contributed by atoms with Gasteiger partial charge in [-0.25, -0.2) is 4.39 Å². The van der Waals surface area contributed by atoms with Crippen LogP contribution in [0.5, 0.6) is 0 Å². The van der Waals surface area contributed by atoms with Gasteiger partial charge in [-0.2, -0.15) is 13.2 Å². The van der Waals surface area contributed by atoms with Crippen LogP contribution < -0.4 is 10.2 Å². The zero-order chi connectivity index (χ0) is 29.1. The highest BCUT2D eigenvalue weighted by Gasteiger charge is 2.39. The monoisotopic (exact) mass is 564 g/mol. The van der Waals surface area contributed by atoms with E-state index in [2.05, 4.69) is 5.32 Å². The number of amides is 1. The molecule has 1 heterocycles. The van der Waals surface area contributed by atoms with E-state index in [9.17, 15) is 32.5 Å². The van der Waals surface area contributed by atoms with Crippen LogP contribution in [0, 0.1) is 21.4 Å². The van der Waals surface area contributed by atoms with Crippen LogP contribution in [0.4, 0.5) is 34.6 Å². The Morgan fingerprint density at radius 2 is 1.73 bits per heavy atom. The number of carbonyl (C=O) groups is 1. The first-order chi connectivity index (χ1) is 18.9. The number of nitro groups is 1. The van der Waals surface area contributed by atoms with Gasteiger partial charge in [0.15, 0.2) is 0 Å². The Labute approximate surface area is 231 Å². The van der Waals surface area contributed by atoms with Crippen LogP contribution >= 0.6 is 0 Å². The third-order valence-corrected chi connectivity index (χ3v) is 8.46. The van der Waals surface area contributed by atoms with Gasteiger partial charge >= 0.3 is 6.18 Å². The standard InChI is InChI=1S/C29H36F4N4O3/c1-28(13-15-36(16-14-28)25-10-5-22(6-11-25)29(31,32)33)27(38)35(2)19-20-3-7-23(8-4-20)34-24-9-12-26(37(39)40)21(17-24)18-30/h5-6,9-12,17,20,23,34H,3-4,7-8,13-16,18-19H2,1-2H3. The van der Waals surface area contributed by atoms with Gasteiger partial charge in [0.1, 0.15) is 6.67 Å². The number of nitrogens with one attached hydrogen (secondary N) is 1. The molecule has 2 aromatic rings. The molecule has 7 nitrogen and oxygen atoms in total. The molecular formula is C29H36F4N4O3. The molecule has 218 valence electrons.